The van der Waals surface area contributed by atoms with Gasteiger partial charge in [-0.15, -0.1) is 0 Å². The molecule has 2 heterocycles. The zero-order valence-corrected chi connectivity index (χ0v) is 20.4. The second-order valence-electron chi connectivity index (χ2n) is 8.12. The van der Waals surface area contributed by atoms with Crippen LogP contribution in [0.2, 0.25) is 5.02 Å². The third-order valence-electron chi connectivity index (χ3n) is 5.90. The number of rotatable bonds is 8. The molecule has 34 heavy (non-hydrogen) atoms. The minimum absolute atomic E-state index is 0.136. The Bertz CT molecular complexity index is 1270. The van der Waals surface area contributed by atoms with Crippen molar-refractivity contribution in [1.29, 1.82) is 0 Å². The van der Waals surface area contributed by atoms with Crippen LogP contribution in [-0.2, 0) is 14.8 Å². The number of piperidine rings is 1. The van der Waals surface area contributed by atoms with Crippen LogP contribution in [-0.4, -0.2) is 56.9 Å². The lowest BCUT2D eigenvalue weighted by atomic mass is 9.99. The minimum atomic E-state index is -3.67. The van der Waals surface area contributed by atoms with Crippen LogP contribution in [0.4, 0.5) is 5.69 Å². The smallest absolute Gasteiger partial charge is 0.243 e. The van der Waals surface area contributed by atoms with Crippen molar-refractivity contribution in [2.24, 2.45) is 5.92 Å². The molecule has 0 radical (unpaired) electrons. The van der Waals surface area contributed by atoms with Gasteiger partial charge in [0.1, 0.15) is 5.75 Å². The van der Waals surface area contributed by atoms with E-state index in [-0.39, 0.29) is 23.3 Å². The van der Waals surface area contributed by atoms with Crippen molar-refractivity contribution in [3.8, 4) is 5.75 Å². The molecule has 2 N–H and O–H groups in total. The van der Waals surface area contributed by atoms with Gasteiger partial charge in [-0.2, -0.15) is 4.31 Å². The molecular formula is C24H27ClN4O4S. The molecule has 2 aromatic carbocycles. The lowest BCUT2D eigenvalue weighted by Gasteiger charge is -2.31. The number of fused-ring (bicyclic) bond motifs is 1. The topological polar surface area (TPSA) is 101 Å². The molecule has 0 saturated carbocycles. The van der Waals surface area contributed by atoms with Gasteiger partial charge >= 0.3 is 0 Å². The molecule has 1 fully saturated rings. The molecule has 0 aliphatic carbocycles. The van der Waals surface area contributed by atoms with Crippen LogP contribution in [0.1, 0.15) is 12.8 Å². The largest absolute Gasteiger partial charge is 0.497 e. The van der Waals surface area contributed by atoms with Crippen molar-refractivity contribution in [3.05, 3.63) is 59.8 Å². The van der Waals surface area contributed by atoms with Crippen molar-refractivity contribution in [3.63, 3.8) is 0 Å². The number of ether oxygens (including phenoxy) is 1. The van der Waals surface area contributed by atoms with Crippen molar-refractivity contribution < 1.29 is 17.9 Å². The van der Waals surface area contributed by atoms with Gasteiger partial charge in [0.15, 0.2) is 0 Å². The Morgan fingerprint density at radius 1 is 1.18 bits per heavy atom. The fraction of sp³-hybridized carbons (Fsp3) is 0.333. The molecule has 0 bridgehead atoms. The van der Waals surface area contributed by atoms with E-state index in [4.69, 9.17) is 16.3 Å². The Morgan fingerprint density at radius 3 is 2.74 bits per heavy atom. The summed E-state index contributed by atoms with van der Waals surface area (Å²) in [6.07, 6.45) is 3.00. The second kappa shape index (κ2) is 10.6. The molecule has 4 rings (SSSR count). The molecule has 1 aliphatic heterocycles. The van der Waals surface area contributed by atoms with Gasteiger partial charge in [0.25, 0.3) is 0 Å². The van der Waals surface area contributed by atoms with E-state index in [0.29, 0.717) is 43.2 Å². The molecule has 8 nitrogen and oxygen atoms in total. The monoisotopic (exact) mass is 502 g/mol. The number of methoxy groups -OCH3 is 1. The molecule has 1 saturated heterocycles. The Balaban J connectivity index is 1.31. The van der Waals surface area contributed by atoms with Gasteiger partial charge in [-0.05, 0) is 61.4 Å². The van der Waals surface area contributed by atoms with Gasteiger partial charge in [-0.3, -0.25) is 9.78 Å². The van der Waals surface area contributed by atoms with E-state index in [1.54, 1.807) is 24.4 Å². The highest BCUT2D eigenvalue weighted by molar-refractivity contribution is 7.89. The molecule has 1 amide bonds. The van der Waals surface area contributed by atoms with Gasteiger partial charge in [0.2, 0.25) is 15.9 Å². The number of sulfonamides is 1. The highest BCUT2D eigenvalue weighted by Crippen LogP contribution is 2.26. The van der Waals surface area contributed by atoms with Crippen LogP contribution >= 0.6 is 11.6 Å². The summed E-state index contributed by atoms with van der Waals surface area (Å²) in [5.74, 6) is 0.0699. The second-order valence-corrected chi connectivity index (χ2v) is 10.5. The first-order chi connectivity index (χ1) is 16.4. The predicted molar refractivity (Wildman–Crippen MR) is 133 cm³/mol. The number of carbonyl (C=O) groups is 1. The summed E-state index contributed by atoms with van der Waals surface area (Å²) in [6, 6.07) is 13.7. The molecule has 0 unspecified atom stereocenters. The number of anilines is 1. The van der Waals surface area contributed by atoms with E-state index in [2.05, 4.69) is 15.6 Å². The van der Waals surface area contributed by atoms with Gasteiger partial charge in [-0.1, -0.05) is 11.6 Å². The Kier molecular flexibility index (Phi) is 7.55. The lowest BCUT2D eigenvalue weighted by molar-refractivity contribution is -0.125. The standard InChI is InChI=1S/C24H27ClN4O4S/c1-33-19-5-7-20(8-6-19)34(31,32)29-14-2-3-17(16-29)24(30)28-13-12-27-22-10-11-26-23-15-18(25)4-9-21(22)23/h4-11,15,17H,2-3,12-14,16H2,1H3,(H,26,27)(H,28,30)/t17-/m1/s1. The van der Waals surface area contributed by atoms with Crippen LogP contribution in [0, 0.1) is 5.92 Å². The number of nitrogens with zero attached hydrogens (tertiary/aromatic N) is 2. The van der Waals surface area contributed by atoms with E-state index in [9.17, 15) is 13.2 Å². The van der Waals surface area contributed by atoms with Crippen molar-refractivity contribution >= 4 is 44.1 Å². The zero-order valence-electron chi connectivity index (χ0n) is 18.8. The SMILES string of the molecule is COc1ccc(S(=O)(=O)N2CCC[C@@H](C(=O)NCCNc3ccnc4cc(Cl)ccc34)C2)cc1. The fourth-order valence-corrected chi connectivity index (χ4v) is 5.76. The van der Waals surface area contributed by atoms with Gasteiger partial charge < -0.3 is 15.4 Å². The van der Waals surface area contributed by atoms with Crippen LogP contribution in [0.25, 0.3) is 10.9 Å². The highest BCUT2D eigenvalue weighted by atomic mass is 35.5. The van der Waals surface area contributed by atoms with Crippen LogP contribution in [0.3, 0.4) is 0 Å². The Labute approximate surface area is 204 Å². The third-order valence-corrected chi connectivity index (χ3v) is 8.01. The molecule has 10 heteroatoms. The van der Waals surface area contributed by atoms with E-state index in [0.717, 1.165) is 16.6 Å². The number of aromatic nitrogens is 1. The summed E-state index contributed by atoms with van der Waals surface area (Å²) >= 11 is 6.04. The summed E-state index contributed by atoms with van der Waals surface area (Å²) < 4.78 is 32.6. The summed E-state index contributed by atoms with van der Waals surface area (Å²) in [4.78, 5) is 17.3. The number of pyridine rings is 1. The number of amides is 1. The maximum atomic E-state index is 13.0. The van der Waals surface area contributed by atoms with E-state index in [1.165, 1.54) is 23.5 Å². The van der Waals surface area contributed by atoms with E-state index >= 15 is 0 Å². The minimum Gasteiger partial charge on any atom is -0.497 e. The van der Waals surface area contributed by atoms with Crippen LogP contribution in [0.5, 0.6) is 5.75 Å². The zero-order chi connectivity index (χ0) is 24.1. The summed E-state index contributed by atoms with van der Waals surface area (Å²) in [5.41, 5.74) is 1.70. The van der Waals surface area contributed by atoms with Gasteiger partial charge in [0.05, 0.1) is 23.4 Å². The van der Waals surface area contributed by atoms with Crippen molar-refractivity contribution in [1.82, 2.24) is 14.6 Å². The number of nitrogens with one attached hydrogen (secondary N) is 2. The predicted octanol–water partition coefficient (Wildman–Crippen LogP) is 3.53. The average Bonchev–Trinajstić information content (AvgIpc) is 2.86. The molecule has 1 atom stereocenters. The number of hydrogen-bond donors (Lipinski definition) is 2. The van der Waals surface area contributed by atoms with Crippen LogP contribution in [0.15, 0.2) is 59.6 Å². The van der Waals surface area contributed by atoms with Gasteiger partial charge in [-0.25, -0.2) is 8.42 Å². The molecule has 1 aromatic heterocycles. The summed E-state index contributed by atoms with van der Waals surface area (Å²) in [5, 5.41) is 7.82. The highest BCUT2D eigenvalue weighted by Gasteiger charge is 2.33. The maximum Gasteiger partial charge on any atom is 0.243 e. The Morgan fingerprint density at radius 2 is 1.97 bits per heavy atom. The molecule has 0 spiro atoms. The molecule has 1 aliphatic rings. The first kappa shape index (κ1) is 24.3. The Hall–Kier alpha value is -2.88. The fourth-order valence-electron chi connectivity index (χ4n) is 4.07. The van der Waals surface area contributed by atoms with Crippen molar-refractivity contribution in [2.75, 3.05) is 38.6 Å². The molecule has 180 valence electrons. The van der Waals surface area contributed by atoms with Crippen LogP contribution < -0.4 is 15.4 Å². The number of benzene rings is 2. The average molecular weight is 503 g/mol. The molecular weight excluding hydrogens is 476 g/mol. The summed E-state index contributed by atoms with van der Waals surface area (Å²) in [7, 11) is -2.14. The van der Waals surface area contributed by atoms with E-state index < -0.39 is 10.0 Å². The lowest BCUT2D eigenvalue weighted by Crippen LogP contribution is -2.46. The van der Waals surface area contributed by atoms with E-state index in [1.807, 2.05) is 18.2 Å². The quantitative estimate of drug-likeness (QED) is 0.457. The first-order valence-electron chi connectivity index (χ1n) is 11.1. The van der Waals surface area contributed by atoms with Gasteiger partial charge in [0, 0.05) is 48.5 Å². The number of hydrogen-bond acceptors (Lipinski definition) is 6. The number of halogens is 1. The number of carbonyl (C=O) groups excluding carboxylic acids is 1. The first-order valence-corrected chi connectivity index (χ1v) is 12.9. The third kappa shape index (κ3) is 5.43. The normalized spacial score (nSPS) is 16.8. The maximum absolute atomic E-state index is 13.0. The van der Waals surface area contributed by atoms with Crippen molar-refractivity contribution in [2.45, 2.75) is 17.7 Å². The molecule has 3 aromatic rings. The summed E-state index contributed by atoms with van der Waals surface area (Å²) in [6.45, 7) is 1.51.